The quantitative estimate of drug-likeness (QED) is 0.637. The number of carbonyl (C=O) groups excluding carboxylic acids is 1. The van der Waals surface area contributed by atoms with Gasteiger partial charge in [-0.05, 0) is 56.2 Å². The summed E-state index contributed by atoms with van der Waals surface area (Å²) in [5.74, 6) is -0.425. The first kappa shape index (κ1) is 17.9. The molecule has 3 aromatic rings. The summed E-state index contributed by atoms with van der Waals surface area (Å²) in [6.07, 6.45) is 6.12. The fourth-order valence-electron chi connectivity index (χ4n) is 3.71. The molecule has 0 unspecified atom stereocenters. The van der Waals surface area contributed by atoms with Gasteiger partial charge in [-0.3, -0.25) is 9.36 Å². The molecule has 0 N–H and O–H groups in total. The standard InChI is InChI=1S/C21H22N2O3S/c1-3-26-21(25)13(2)23-12-22-19-18(20(23)24)17(11-27-19)16-9-8-14-6-4-5-7-15(14)10-16/h8-13H,3-7H2,1-2H3/t13-/m0/s1. The number of thiophene rings is 1. The van der Waals surface area contributed by atoms with E-state index in [-0.39, 0.29) is 12.2 Å². The fourth-order valence-corrected chi connectivity index (χ4v) is 4.62. The van der Waals surface area contributed by atoms with Crippen LogP contribution in [0.5, 0.6) is 0 Å². The summed E-state index contributed by atoms with van der Waals surface area (Å²) in [4.78, 5) is 30.3. The van der Waals surface area contributed by atoms with Crippen LogP contribution in [0.2, 0.25) is 0 Å². The molecule has 1 aliphatic carbocycles. The van der Waals surface area contributed by atoms with Crippen molar-refractivity contribution < 1.29 is 9.53 Å². The van der Waals surface area contributed by atoms with E-state index in [0.717, 1.165) is 24.0 Å². The molecule has 1 aromatic carbocycles. The van der Waals surface area contributed by atoms with E-state index in [1.807, 2.05) is 5.38 Å². The van der Waals surface area contributed by atoms with Gasteiger partial charge in [0.2, 0.25) is 0 Å². The Bertz CT molecular complexity index is 1070. The maximum Gasteiger partial charge on any atom is 0.328 e. The Kier molecular flexibility index (Phi) is 4.83. The number of esters is 1. The first-order valence-electron chi connectivity index (χ1n) is 9.37. The summed E-state index contributed by atoms with van der Waals surface area (Å²) in [6, 6.07) is 5.79. The number of ether oxygens (including phenoxy) is 1. The molecule has 4 rings (SSSR count). The molecule has 27 heavy (non-hydrogen) atoms. The highest BCUT2D eigenvalue weighted by Crippen LogP contribution is 2.33. The van der Waals surface area contributed by atoms with Crippen LogP contribution >= 0.6 is 11.3 Å². The smallest absolute Gasteiger partial charge is 0.328 e. The number of carbonyl (C=O) groups is 1. The van der Waals surface area contributed by atoms with Crippen molar-refractivity contribution in [3.05, 3.63) is 51.4 Å². The third-order valence-electron chi connectivity index (χ3n) is 5.22. The van der Waals surface area contributed by atoms with Crippen LogP contribution in [0.4, 0.5) is 0 Å². The van der Waals surface area contributed by atoms with E-state index in [2.05, 4.69) is 23.2 Å². The van der Waals surface area contributed by atoms with E-state index in [1.165, 1.54) is 46.2 Å². The van der Waals surface area contributed by atoms with Crippen LogP contribution < -0.4 is 5.56 Å². The molecule has 0 saturated carbocycles. The molecule has 0 fully saturated rings. The third-order valence-corrected chi connectivity index (χ3v) is 6.11. The molecular weight excluding hydrogens is 360 g/mol. The number of aryl methyl sites for hydroxylation is 2. The maximum atomic E-state index is 13.1. The molecule has 2 aromatic heterocycles. The minimum atomic E-state index is -0.703. The van der Waals surface area contributed by atoms with Crippen molar-refractivity contribution in [3.8, 4) is 11.1 Å². The van der Waals surface area contributed by atoms with Crippen molar-refractivity contribution in [2.75, 3.05) is 6.61 Å². The number of benzene rings is 1. The van der Waals surface area contributed by atoms with Gasteiger partial charge in [0.05, 0.1) is 18.3 Å². The van der Waals surface area contributed by atoms with Gasteiger partial charge in [0, 0.05) is 10.9 Å². The minimum Gasteiger partial charge on any atom is -0.464 e. The number of hydrogen-bond acceptors (Lipinski definition) is 5. The fraction of sp³-hybridized carbons (Fsp3) is 0.381. The normalized spacial score (nSPS) is 14.7. The lowest BCUT2D eigenvalue weighted by Crippen LogP contribution is -2.29. The highest BCUT2D eigenvalue weighted by atomic mass is 32.1. The Hall–Kier alpha value is -2.47. The second kappa shape index (κ2) is 7.27. The molecule has 0 bridgehead atoms. The van der Waals surface area contributed by atoms with Gasteiger partial charge in [-0.2, -0.15) is 0 Å². The van der Waals surface area contributed by atoms with Gasteiger partial charge in [0.1, 0.15) is 10.9 Å². The average Bonchev–Trinajstić information content (AvgIpc) is 3.12. The van der Waals surface area contributed by atoms with Gasteiger partial charge in [0.15, 0.2) is 0 Å². The number of rotatable bonds is 4. The highest BCUT2D eigenvalue weighted by Gasteiger charge is 2.21. The highest BCUT2D eigenvalue weighted by molar-refractivity contribution is 7.17. The largest absolute Gasteiger partial charge is 0.464 e. The van der Waals surface area contributed by atoms with E-state index < -0.39 is 12.0 Å². The molecule has 5 nitrogen and oxygen atoms in total. The van der Waals surface area contributed by atoms with E-state index in [0.29, 0.717) is 10.2 Å². The molecule has 0 spiro atoms. The monoisotopic (exact) mass is 382 g/mol. The van der Waals surface area contributed by atoms with E-state index in [9.17, 15) is 9.59 Å². The van der Waals surface area contributed by atoms with Crippen molar-refractivity contribution in [3.63, 3.8) is 0 Å². The minimum absolute atomic E-state index is 0.200. The van der Waals surface area contributed by atoms with Crippen LogP contribution in [0.1, 0.15) is 43.9 Å². The van der Waals surface area contributed by atoms with E-state index in [4.69, 9.17) is 4.74 Å². The van der Waals surface area contributed by atoms with Crippen LogP contribution in [0, 0.1) is 0 Å². The first-order valence-corrected chi connectivity index (χ1v) is 10.2. The zero-order chi connectivity index (χ0) is 19.0. The Morgan fingerprint density at radius 2 is 2.07 bits per heavy atom. The average molecular weight is 382 g/mol. The number of aromatic nitrogens is 2. The molecule has 0 radical (unpaired) electrons. The predicted octanol–water partition coefficient (Wildman–Crippen LogP) is 4.13. The summed E-state index contributed by atoms with van der Waals surface area (Å²) in [7, 11) is 0. The molecule has 6 heteroatoms. The van der Waals surface area contributed by atoms with Crippen LogP contribution in [-0.4, -0.2) is 22.1 Å². The second-order valence-electron chi connectivity index (χ2n) is 6.91. The zero-order valence-electron chi connectivity index (χ0n) is 15.5. The van der Waals surface area contributed by atoms with Gasteiger partial charge >= 0.3 is 5.97 Å². The van der Waals surface area contributed by atoms with Gasteiger partial charge in [-0.1, -0.05) is 18.2 Å². The lowest BCUT2D eigenvalue weighted by Gasteiger charge is -2.16. The number of fused-ring (bicyclic) bond motifs is 2. The molecule has 0 saturated heterocycles. The molecule has 1 aliphatic rings. The molecule has 0 amide bonds. The van der Waals surface area contributed by atoms with Crippen LogP contribution in [0.25, 0.3) is 21.3 Å². The summed E-state index contributed by atoms with van der Waals surface area (Å²) in [6.45, 7) is 3.70. The van der Waals surface area contributed by atoms with Crippen molar-refractivity contribution in [2.24, 2.45) is 0 Å². The van der Waals surface area contributed by atoms with Crippen LogP contribution in [-0.2, 0) is 22.4 Å². The third kappa shape index (κ3) is 3.18. The van der Waals surface area contributed by atoms with Crippen LogP contribution in [0.3, 0.4) is 0 Å². The number of nitrogens with zero attached hydrogens (tertiary/aromatic N) is 2. The summed E-state index contributed by atoms with van der Waals surface area (Å²) >= 11 is 1.46. The predicted molar refractivity (Wildman–Crippen MR) is 107 cm³/mol. The molecule has 2 heterocycles. The van der Waals surface area contributed by atoms with Crippen LogP contribution in [0.15, 0.2) is 34.7 Å². The van der Waals surface area contributed by atoms with E-state index in [1.54, 1.807) is 13.8 Å². The second-order valence-corrected chi connectivity index (χ2v) is 7.76. The Morgan fingerprint density at radius 1 is 1.30 bits per heavy atom. The summed E-state index contributed by atoms with van der Waals surface area (Å²) < 4.78 is 6.43. The van der Waals surface area contributed by atoms with Crippen molar-refractivity contribution in [1.82, 2.24) is 9.55 Å². The molecular formula is C21H22N2O3S. The summed E-state index contributed by atoms with van der Waals surface area (Å²) in [5, 5.41) is 2.57. The topological polar surface area (TPSA) is 61.2 Å². The van der Waals surface area contributed by atoms with Gasteiger partial charge in [0.25, 0.3) is 5.56 Å². The van der Waals surface area contributed by atoms with Crippen molar-refractivity contribution >= 4 is 27.5 Å². The van der Waals surface area contributed by atoms with E-state index >= 15 is 0 Å². The van der Waals surface area contributed by atoms with Gasteiger partial charge < -0.3 is 4.74 Å². The Labute approximate surface area is 161 Å². The lowest BCUT2D eigenvalue weighted by molar-refractivity contribution is -0.146. The summed E-state index contributed by atoms with van der Waals surface area (Å²) in [5.41, 5.74) is 4.53. The number of hydrogen-bond donors (Lipinski definition) is 0. The maximum absolute atomic E-state index is 13.1. The molecule has 1 atom stereocenters. The van der Waals surface area contributed by atoms with Gasteiger partial charge in [-0.25, -0.2) is 9.78 Å². The first-order chi connectivity index (χ1) is 13.1. The van der Waals surface area contributed by atoms with Gasteiger partial charge in [-0.15, -0.1) is 11.3 Å². The van der Waals surface area contributed by atoms with Crippen molar-refractivity contribution in [1.29, 1.82) is 0 Å². The lowest BCUT2D eigenvalue weighted by atomic mass is 9.89. The van der Waals surface area contributed by atoms with Crippen molar-refractivity contribution in [2.45, 2.75) is 45.6 Å². The molecule has 0 aliphatic heterocycles. The Balaban J connectivity index is 1.82. The SMILES string of the molecule is CCOC(=O)[C@H](C)n1cnc2scc(-c3ccc4c(c3)CCCC4)c2c1=O. The zero-order valence-corrected chi connectivity index (χ0v) is 16.3. The Morgan fingerprint density at radius 3 is 2.85 bits per heavy atom. The molecule has 140 valence electrons.